The summed E-state index contributed by atoms with van der Waals surface area (Å²) in [6.45, 7) is 6.58. The number of ether oxygens (including phenoxy) is 2. The Hall–Kier alpha value is -0.490. The van der Waals surface area contributed by atoms with Gasteiger partial charge in [0.25, 0.3) is 0 Å². The summed E-state index contributed by atoms with van der Waals surface area (Å²) in [6, 6.07) is 4.51. The van der Waals surface area contributed by atoms with E-state index in [0.29, 0.717) is 25.2 Å². The number of hydrogen-bond acceptors (Lipinski definition) is 4. The standard InChI is InChI=1S/C15H21BrN2O2.ClH/c1-10-7-18(9-13(10)17)8-11-5-12(16)15-14(6-11)19-3-2-4-20-15;/h5-6,10,13H,2-4,7-9,17H2,1H3;1H. The molecular formula is C15H22BrClN2O2. The number of nitrogens with zero attached hydrogens (tertiary/aromatic N) is 1. The number of fused-ring (bicyclic) bond motifs is 1. The summed E-state index contributed by atoms with van der Waals surface area (Å²) in [7, 11) is 0. The summed E-state index contributed by atoms with van der Waals surface area (Å²) in [5, 5.41) is 0. The van der Waals surface area contributed by atoms with Crippen molar-refractivity contribution in [2.75, 3.05) is 26.3 Å². The Morgan fingerprint density at radius 1 is 1.29 bits per heavy atom. The van der Waals surface area contributed by atoms with E-state index < -0.39 is 0 Å². The molecule has 1 aromatic rings. The minimum Gasteiger partial charge on any atom is -0.490 e. The van der Waals surface area contributed by atoms with Gasteiger partial charge < -0.3 is 15.2 Å². The normalized spacial score (nSPS) is 25.3. The molecule has 118 valence electrons. The summed E-state index contributed by atoms with van der Waals surface area (Å²) in [4.78, 5) is 2.40. The number of hydrogen-bond donors (Lipinski definition) is 1. The van der Waals surface area contributed by atoms with E-state index in [1.807, 2.05) is 0 Å². The zero-order valence-corrected chi connectivity index (χ0v) is 14.6. The third-order valence-corrected chi connectivity index (χ3v) is 4.60. The maximum Gasteiger partial charge on any atom is 0.175 e. The predicted molar refractivity (Wildman–Crippen MR) is 89.4 cm³/mol. The first-order chi connectivity index (χ1) is 9.63. The van der Waals surface area contributed by atoms with Crippen LogP contribution in [0, 0.1) is 5.92 Å². The molecule has 0 bridgehead atoms. The Balaban J connectivity index is 0.00000161. The molecule has 0 amide bonds. The molecule has 2 unspecified atom stereocenters. The van der Waals surface area contributed by atoms with Crippen LogP contribution in [0.4, 0.5) is 0 Å². The lowest BCUT2D eigenvalue weighted by atomic mass is 10.1. The largest absolute Gasteiger partial charge is 0.490 e. The van der Waals surface area contributed by atoms with Gasteiger partial charge in [0, 0.05) is 32.1 Å². The Bertz CT molecular complexity index is 491. The van der Waals surface area contributed by atoms with Crippen LogP contribution in [0.15, 0.2) is 16.6 Å². The minimum absolute atomic E-state index is 0. The molecule has 3 rings (SSSR count). The number of likely N-dealkylation sites (tertiary alicyclic amines) is 1. The molecule has 2 heterocycles. The first-order valence-electron chi connectivity index (χ1n) is 7.19. The van der Waals surface area contributed by atoms with Crippen molar-refractivity contribution < 1.29 is 9.47 Å². The highest BCUT2D eigenvalue weighted by Gasteiger charge is 2.26. The maximum atomic E-state index is 6.09. The fourth-order valence-electron chi connectivity index (χ4n) is 2.86. The van der Waals surface area contributed by atoms with Crippen molar-refractivity contribution in [3.63, 3.8) is 0 Å². The van der Waals surface area contributed by atoms with Crippen LogP contribution in [0.25, 0.3) is 0 Å². The lowest BCUT2D eigenvalue weighted by molar-refractivity contribution is 0.296. The van der Waals surface area contributed by atoms with Crippen molar-refractivity contribution in [1.82, 2.24) is 4.90 Å². The molecule has 4 nitrogen and oxygen atoms in total. The Morgan fingerprint density at radius 3 is 2.76 bits per heavy atom. The second-order valence-electron chi connectivity index (χ2n) is 5.79. The van der Waals surface area contributed by atoms with E-state index in [2.05, 4.69) is 39.9 Å². The number of rotatable bonds is 2. The quantitative estimate of drug-likeness (QED) is 0.861. The third-order valence-electron chi connectivity index (χ3n) is 4.01. The highest BCUT2D eigenvalue weighted by molar-refractivity contribution is 9.10. The molecule has 0 aromatic heterocycles. The van der Waals surface area contributed by atoms with Crippen molar-refractivity contribution >= 4 is 28.3 Å². The summed E-state index contributed by atoms with van der Waals surface area (Å²) >= 11 is 3.59. The number of halogens is 2. The molecule has 0 aliphatic carbocycles. The van der Waals surface area contributed by atoms with Crippen LogP contribution < -0.4 is 15.2 Å². The van der Waals surface area contributed by atoms with Crippen LogP contribution in [0.1, 0.15) is 18.9 Å². The van der Waals surface area contributed by atoms with Gasteiger partial charge in [0.2, 0.25) is 0 Å². The van der Waals surface area contributed by atoms with Gasteiger partial charge in [-0.05, 0) is 39.5 Å². The van der Waals surface area contributed by atoms with Crippen LogP contribution in [-0.2, 0) is 6.54 Å². The van der Waals surface area contributed by atoms with Gasteiger partial charge >= 0.3 is 0 Å². The topological polar surface area (TPSA) is 47.7 Å². The van der Waals surface area contributed by atoms with Gasteiger partial charge in [-0.15, -0.1) is 12.4 Å². The van der Waals surface area contributed by atoms with Crippen molar-refractivity contribution in [3.05, 3.63) is 22.2 Å². The zero-order valence-electron chi connectivity index (χ0n) is 12.2. The number of nitrogens with two attached hydrogens (primary N) is 1. The van der Waals surface area contributed by atoms with E-state index in [1.165, 1.54) is 5.56 Å². The Morgan fingerprint density at radius 2 is 2.05 bits per heavy atom. The summed E-state index contributed by atoms with van der Waals surface area (Å²) < 4.78 is 12.5. The summed E-state index contributed by atoms with van der Waals surface area (Å²) in [6.07, 6.45) is 0.926. The van der Waals surface area contributed by atoms with Gasteiger partial charge in [0.1, 0.15) is 0 Å². The van der Waals surface area contributed by atoms with Crippen molar-refractivity contribution in [2.45, 2.75) is 25.9 Å². The second-order valence-corrected chi connectivity index (χ2v) is 6.64. The van der Waals surface area contributed by atoms with E-state index in [4.69, 9.17) is 15.2 Å². The molecular weight excluding hydrogens is 356 g/mol. The predicted octanol–water partition coefficient (Wildman–Crippen LogP) is 2.81. The molecule has 6 heteroatoms. The first-order valence-corrected chi connectivity index (χ1v) is 7.99. The number of benzene rings is 1. The smallest absolute Gasteiger partial charge is 0.175 e. The van der Waals surface area contributed by atoms with Gasteiger partial charge in [-0.3, -0.25) is 4.90 Å². The molecule has 2 atom stereocenters. The Labute approximate surface area is 140 Å². The maximum absolute atomic E-state index is 6.09. The van der Waals surface area contributed by atoms with Gasteiger partial charge in [0.15, 0.2) is 11.5 Å². The lowest BCUT2D eigenvalue weighted by Crippen LogP contribution is -2.28. The van der Waals surface area contributed by atoms with Crippen LogP contribution in [0.3, 0.4) is 0 Å². The Kier molecular flexibility index (Phi) is 5.77. The van der Waals surface area contributed by atoms with Crippen molar-refractivity contribution in [3.8, 4) is 11.5 Å². The lowest BCUT2D eigenvalue weighted by Gasteiger charge is -2.17. The highest BCUT2D eigenvalue weighted by atomic mass is 79.9. The second kappa shape index (κ2) is 7.18. The summed E-state index contributed by atoms with van der Waals surface area (Å²) in [5.41, 5.74) is 7.33. The SMILES string of the molecule is CC1CN(Cc2cc(Br)c3c(c2)OCCCO3)CC1N.Cl. The van der Waals surface area contributed by atoms with E-state index in [1.54, 1.807) is 0 Å². The highest BCUT2D eigenvalue weighted by Crippen LogP contribution is 2.38. The molecule has 0 radical (unpaired) electrons. The summed E-state index contributed by atoms with van der Waals surface area (Å²) in [5.74, 6) is 2.25. The van der Waals surface area contributed by atoms with Gasteiger partial charge in [-0.2, -0.15) is 0 Å². The average molecular weight is 378 g/mol. The monoisotopic (exact) mass is 376 g/mol. The molecule has 0 spiro atoms. The van der Waals surface area contributed by atoms with Crippen LogP contribution >= 0.6 is 28.3 Å². The van der Waals surface area contributed by atoms with Gasteiger partial charge in [0.05, 0.1) is 17.7 Å². The molecule has 0 saturated carbocycles. The van der Waals surface area contributed by atoms with E-state index >= 15 is 0 Å². The van der Waals surface area contributed by atoms with E-state index in [-0.39, 0.29) is 12.4 Å². The van der Waals surface area contributed by atoms with Gasteiger partial charge in [-0.25, -0.2) is 0 Å². The molecule has 2 aliphatic rings. The molecule has 21 heavy (non-hydrogen) atoms. The molecule has 2 aliphatic heterocycles. The third kappa shape index (κ3) is 3.83. The fourth-order valence-corrected chi connectivity index (χ4v) is 3.46. The molecule has 1 saturated heterocycles. The van der Waals surface area contributed by atoms with Crippen LogP contribution in [0.5, 0.6) is 11.5 Å². The first kappa shape index (κ1) is 16.9. The van der Waals surface area contributed by atoms with Gasteiger partial charge in [-0.1, -0.05) is 6.92 Å². The average Bonchev–Trinajstić information content (AvgIpc) is 2.62. The van der Waals surface area contributed by atoms with Crippen molar-refractivity contribution in [1.29, 1.82) is 0 Å². The molecule has 1 aromatic carbocycles. The van der Waals surface area contributed by atoms with E-state index in [0.717, 1.165) is 42.0 Å². The zero-order chi connectivity index (χ0) is 14.1. The molecule has 2 N–H and O–H groups in total. The van der Waals surface area contributed by atoms with Crippen molar-refractivity contribution in [2.24, 2.45) is 11.7 Å². The van der Waals surface area contributed by atoms with Crippen LogP contribution in [0.2, 0.25) is 0 Å². The van der Waals surface area contributed by atoms with E-state index in [9.17, 15) is 0 Å². The van der Waals surface area contributed by atoms with Crippen LogP contribution in [-0.4, -0.2) is 37.2 Å². The fraction of sp³-hybridized carbons (Fsp3) is 0.600. The molecule has 1 fully saturated rings. The minimum atomic E-state index is 0.